The molecule has 2 rings (SSSR count). The minimum absolute atomic E-state index is 0.184. The first-order valence-corrected chi connectivity index (χ1v) is 6.69. The van der Waals surface area contributed by atoms with Gasteiger partial charge in [-0.05, 0) is 40.7 Å². The summed E-state index contributed by atoms with van der Waals surface area (Å²) >= 11 is 0. The summed E-state index contributed by atoms with van der Waals surface area (Å²) in [5.41, 5.74) is 2.76. The van der Waals surface area contributed by atoms with Gasteiger partial charge in [0.2, 0.25) is 0 Å². The van der Waals surface area contributed by atoms with E-state index in [1.54, 1.807) is 0 Å². The molecule has 102 valence electrons. The predicted molar refractivity (Wildman–Crippen MR) is 74.5 cm³/mol. The topological polar surface area (TPSA) is 33.1 Å². The minimum atomic E-state index is 0.184. The molecule has 1 aliphatic rings. The molecule has 18 heavy (non-hydrogen) atoms. The van der Waals surface area contributed by atoms with Crippen LogP contribution in [-0.4, -0.2) is 38.8 Å². The monoisotopic (exact) mass is 250 g/mol. The molecular formula is C14H26N4. The van der Waals surface area contributed by atoms with Gasteiger partial charge in [-0.1, -0.05) is 0 Å². The highest BCUT2D eigenvalue weighted by Crippen LogP contribution is 2.25. The molecule has 4 nitrogen and oxygen atoms in total. The Labute approximate surface area is 110 Å². The van der Waals surface area contributed by atoms with Gasteiger partial charge in [0.1, 0.15) is 0 Å². The molecule has 0 saturated carbocycles. The zero-order valence-electron chi connectivity index (χ0n) is 12.5. The third-order valence-corrected chi connectivity index (χ3v) is 3.89. The van der Waals surface area contributed by atoms with E-state index in [1.165, 1.54) is 5.69 Å². The molecule has 0 aromatic carbocycles. The summed E-state index contributed by atoms with van der Waals surface area (Å²) in [7, 11) is 2.03. The number of rotatable bonds is 2. The highest BCUT2D eigenvalue weighted by Gasteiger charge is 2.37. The molecule has 0 radical (unpaired) electrons. The Morgan fingerprint density at radius 1 is 1.33 bits per heavy atom. The molecule has 1 aliphatic heterocycles. The van der Waals surface area contributed by atoms with Gasteiger partial charge in [0, 0.05) is 37.8 Å². The van der Waals surface area contributed by atoms with Crippen molar-refractivity contribution in [3.8, 4) is 0 Å². The first kappa shape index (κ1) is 13.6. The van der Waals surface area contributed by atoms with Crippen molar-refractivity contribution >= 4 is 0 Å². The van der Waals surface area contributed by atoms with Crippen LogP contribution in [0.25, 0.3) is 0 Å². The molecule has 0 spiro atoms. The van der Waals surface area contributed by atoms with Crippen LogP contribution in [0.3, 0.4) is 0 Å². The van der Waals surface area contributed by atoms with Crippen LogP contribution in [0.15, 0.2) is 6.07 Å². The van der Waals surface area contributed by atoms with E-state index >= 15 is 0 Å². The maximum atomic E-state index is 4.44. The first-order chi connectivity index (χ1) is 8.20. The van der Waals surface area contributed by atoms with Gasteiger partial charge in [0.15, 0.2) is 0 Å². The largest absolute Gasteiger partial charge is 0.309 e. The maximum absolute atomic E-state index is 4.44. The highest BCUT2D eigenvalue weighted by atomic mass is 15.3. The van der Waals surface area contributed by atoms with Crippen LogP contribution < -0.4 is 5.32 Å². The van der Waals surface area contributed by atoms with E-state index in [2.05, 4.69) is 56.0 Å². The summed E-state index contributed by atoms with van der Waals surface area (Å²) in [5.74, 6) is 0. The van der Waals surface area contributed by atoms with E-state index in [0.29, 0.717) is 0 Å². The van der Waals surface area contributed by atoms with Gasteiger partial charge >= 0.3 is 0 Å². The minimum Gasteiger partial charge on any atom is -0.309 e. The molecule has 1 saturated heterocycles. The Balaban J connectivity index is 2.17. The van der Waals surface area contributed by atoms with E-state index in [9.17, 15) is 0 Å². The smallest absolute Gasteiger partial charge is 0.0597 e. The zero-order chi connectivity index (χ0) is 13.6. The molecule has 1 N–H and O–H groups in total. The van der Waals surface area contributed by atoms with Crippen LogP contribution in [0.4, 0.5) is 0 Å². The second kappa shape index (κ2) is 4.35. The number of piperazine rings is 1. The second-order valence-corrected chi connectivity index (χ2v) is 6.81. The van der Waals surface area contributed by atoms with E-state index in [4.69, 9.17) is 0 Å². The van der Waals surface area contributed by atoms with Crippen LogP contribution in [0.5, 0.6) is 0 Å². The van der Waals surface area contributed by atoms with Crippen molar-refractivity contribution in [1.82, 2.24) is 20.0 Å². The van der Waals surface area contributed by atoms with Crippen molar-refractivity contribution in [3.63, 3.8) is 0 Å². The second-order valence-electron chi connectivity index (χ2n) is 6.81. The summed E-state index contributed by atoms with van der Waals surface area (Å²) in [6.07, 6.45) is 0. The van der Waals surface area contributed by atoms with Crippen LogP contribution in [-0.2, 0) is 13.6 Å². The van der Waals surface area contributed by atoms with Gasteiger partial charge in [-0.2, -0.15) is 5.10 Å². The van der Waals surface area contributed by atoms with E-state index in [0.717, 1.165) is 25.3 Å². The molecule has 0 amide bonds. The van der Waals surface area contributed by atoms with Crippen molar-refractivity contribution in [1.29, 1.82) is 0 Å². The normalized spacial score (nSPS) is 23.2. The van der Waals surface area contributed by atoms with Gasteiger partial charge in [-0.25, -0.2) is 0 Å². The van der Waals surface area contributed by atoms with Gasteiger partial charge in [-0.15, -0.1) is 0 Å². The molecule has 2 heterocycles. The fraction of sp³-hybridized carbons (Fsp3) is 0.786. The average molecular weight is 250 g/mol. The van der Waals surface area contributed by atoms with Crippen molar-refractivity contribution in [3.05, 3.63) is 17.5 Å². The van der Waals surface area contributed by atoms with Crippen molar-refractivity contribution < 1.29 is 0 Å². The average Bonchev–Trinajstić information content (AvgIpc) is 2.52. The Kier molecular flexibility index (Phi) is 3.28. The lowest BCUT2D eigenvalue weighted by Gasteiger charge is -2.49. The van der Waals surface area contributed by atoms with Gasteiger partial charge in [0.05, 0.1) is 11.4 Å². The zero-order valence-corrected chi connectivity index (χ0v) is 12.5. The molecule has 1 aromatic heterocycles. The summed E-state index contributed by atoms with van der Waals surface area (Å²) in [6.45, 7) is 14.2. The number of aryl methyl sites for hydroxylation is 2. The fourth-order valence-electron chi connectivity index (χ4n) is 2.59. The molecule has 0 bridgehead atoms. The van der Waals surface area contributed by atoms with E-state index in [1.807, 2.05) is 11.7 Å². The Hall–Kier alpha value is -0.870. The van der Waals surface area contributed by atoms with Gasteiger partial charge in [-0.3, -0.25) is 9.58 Å². The predicted octanol–water partition coefficient (Wildman–Crippen LogP) is 1.69. The summed E-state index contributed by atoms with van der Waals surface area (Å²) in [6, 6.07) is 2.19. The molecule has 0 atom stereocenters. The number of nitrogens with one attached hydrogen (secondary N) is 1. The summed E-state index contributed by atoms with van der Waals surface area (Å²) in [5, 5.41) is 8.06. The molecule has 1 aromatic rings. The van der Waals surface area contributed by atoms with E-state index in [-0.39, 0.29) is 11.1 Å². The Bertz CT molecular complexity index is 431. The Morgan fingerprint density at radius 2 is 2.00 bits per heavy atom. The quantitative estimate of drug-likeness (QED) is 0.867. The molecule has 4 heteroatoms. The number of hydrogen-bond donors (Lipinski definition) is 1. The number of aromatic nitrogens is 2. The Morgan fingerprint density at radius 3 is 2.56 bits per heavy atom. The molecule has 1 fully saturated rings. The van der Waals surface area contributed by atoms with Crippen molar-refractivity contribution in [2.24, 2.45) is 7.05 Å². The number of nitrogens with zero attached hydrogens (tertiary/aromatic N) is 3. The van der Waals surface area contributed by atoms with E-state index < -0.39 is 0 Å². The SMILES string of the molecule is Cc1cc(CN2CC(C)(C)NCC2(C)C)n(C)n1. The van der Waals surface area contributed by atoms with Crippen LogP contribution in [0.2, 0.25) is 0 Å². The van der Waals surface area contributed by atoms with Crippen molar-refractivity contribution in [2.45, 2.75) is 52.2 Å². The maximum Gasteiger partial charge on any atom is 0.0597 e. The summed E-state index contributed by atoms with van der Waals surface area (Å²) < 4.78 is 2.00. The van der Waals surface area contributed by atoms with Crippen molar-refractivity contribution in [2.75, 3.05) is 13.1 Å². The van der Waals surface area contributed by atoms with Crippen LogP contribution in [0.1, 0.15) is 39.1 Å². The summed E-state index contributed by atoms with van der Waals surface area (Å²) in [4.78, 5) is 2.56. The fourth-order valence-corrected chi connectivity index (χ4v) is 2.59. The van der Waals surface area contributed by atoms with Gasteiger partial charge < -0.3 is 5.32 Å². The standard InChI is InChI=1S/C14H26N4/c1-11-7-12(17(6)16-11)8-18-10-13(2,3)15-9-14(18,4)5/h7,15H,8-10H2,1-6H3. The highest BCUT2D eigenvalue weighted by molar-refractivity contribution is 5.10. The third-order valence-electron chi connectivity index (χ3n) is 3.89. The lowest BCUT2D eigenvalue weighted by molar-refractivity contribution is 0.0305. The lowest BCUT2D eigenvalue weighted by Crippen LogP contribution is -2.65. The van der Waals surface area contributed by atoms with Crippen LogP contribution in [0, 0.1) is 6.92 Å². The first-order valence-electron chi connectivity index (χ1n) is 6.69. The lowest BCUT2D eigenvalue weighted by atomic mass is 9.91. The van der Waals surface area contributed by atoms with Crippen LogP contribution >= 0.6 is 0 Å². The molecule has 0 aliphatic carbocycles. The molecular weight excluding hydrogens is 224 g/mol. The third kappa shape index (κ3) is 2.75. The molecule has 0 unspecified atom stereocenters. The number of hydrogen-bond acceptors (Lipinski definition) is 3. The van der Waals surface area contributed by atoms with Gasteiger partial charge in [0.25, 0.3) is 0 Å².